The smallest absolute Gasteiger partial charge is 0.346 e. The quantitative estimate of drug-likeness (QED) is 0.661. The highest BCUT2D eigenvalue weighted by Crippen LogP contribution is 2.64. The molecule has 25 heavy (non-hydrogen) atoms. The van der Waals surface area contributed by atoms with E-state index >= 15 is 0 Å². The zero-order valence-electron chi connectivity index (χ0n) is 14.9. The van der Waals surface area contributed by atoms with Crippen LogP contribution in [0.2, 0.25) is 0 Å². The van der Waals surface area contributed by atoms with Gasteiger partial charge in [0.15, 0.2) is 11.9 Å². The van der Waals surface area contributed by atoms with Crippen molar-refractivity contribution in [3.63, 3.8) is 0 Å². The van der Waals surface area contributed by atoms with E-state index < -0.39 is 41.5 Å². The summed E-state index contributed by atoms with van der Waals surface area (Å²) >= 11 is 0. The number of alkyl halides is 3. The number of fused-ring (bicyclic) bond motifs is 2. The van der Waals surface area contributed by atoms with Gasteiger partial charge in [-0.1, -0.05) is 13.8 Å². The molecule has 144 valence electrons. The maximum atomic E-state index is 14.0. The predicted molar refractivity (Wildman–Crippen MR) is 78.8 cm³/mol. The molecule has 4 aliphatic heterocycles. The van der Waals surface area contributed by atoms with Crippen molar-refractivity contribution in [2.75, 3.05) is 7.11 Å². The Morgan fingerprint density at radius 3 is 2.36 bits per heavy atom. The van der Waals surface area contributed by atoms with Gasteiger partial charge in [-0.05, 0) is 38.0 Å². The first kappa shape index (κ1) is 18.0. The van der Waals surface area contributed by atoms with Crippen LogP contribution in [0.1, 0.15) is 46.5 Å². The third kappa shape index (κ3) is 2.15. The highest BCUT2D eigenvalue weighted by Gasteiger charge is 2.77. The highest BCUT2D eigenvalue weighted by molar-refractivity contribution is 5.12. The van der Waals surface area contributed by atoms with E-state index in [1.807, 2.05) is 0 Å². The average molecular weight is 366 g/mol. The Morgan fingerprint density at radius 1 is 1.00 bits per heavy atom. The number of hydrogen-bond donors (Lipinski definition) is 0. The molecule has 0 aromatic heterocycles. The van der Waals surface area contributed by atoms with Crippen molar-refractivity contribution < 1.29 is 37.2 Å². The second-order valence-electron chi connectivity index (χ2n) is 8.19. The summed E-state index contributed by atoms with van der Waals surface area (Å²) in [6.45, 7) is 5.33. The van der Waals surface area contributed by atoms with E-state index in [9.17, 15) is 13.2 Å². The first-order chi connectivity index (χ1) is 11.6. The molecule has 5 aliphatic rings. The molecule has 0 aromatic carbocycles. The molecule has 0 radical (unpaired) electrons. The zero-order chi connectivity index (χ0) is 18.3. The molecule has 5 fully saturated rings. The Kier molecular flexibility index (Phi) is 3.82. The maximum Gasteiger partial charge on any atom is 0.443 e. The summed E-state index contributed by atoms with van der Waals surface area (Å²) < 4.78 is 58.4. The first-order valence-electron chi connectivity index (χ1n) is 8.94. The van der Waals surface area contributed by atoms with Gasteiger partial charge in [0, 0.05) is 25.4 Å². The summed E-state index contributed by atoms with van der Waals surface area (Å²) in [5.41, 5.74) is -1.03. The van der Waals surface area contributed by atoms with E-state index in [2.05, 4.69) is 6.92 Å². The average Bonchev–Trinajstić information content (AvgIpc) is 2.76. The number of halogens is 3. The number of ether oxygens (including phenoxy) is 3. The SMILES string of the molecule is CO[C@@]1(C(F)(F)F)O[C@@H]2OC3(C)CC[C@H]4[C@H](C)CC[C@@H]([C@H]1C)[C@@]24OO3. The van der Waals surface area contributed by atoms with Gasteiger partial charge in [-0.3, -0.25) is 0 Å². The van der Waals surface area contributed by atoms with Crippen molar-refractivity contribution in [1.29, 1.82) is 0 Å². The van der Waals surface area contributed by atoms with Crippen molar-refractivity contribution in [1.82, 2.24) is 0 Å². The van der Waals surface area contributed by atoms with Crippen molar-refractivity contribution in [3.05, 3.63) is 0 Å². The minimum atomic E-state index is -4.68. The summed E-state index contributed by atoms with van der Waals surface area (Å²) in [5, 5.41) is 0. The summed E-state index contributed by atoms with van der Waals surface area (Å²) in [6, 6.07) is 0. The monoisotopic (exact) mass is 366 g/mol. The van der Waals surface area contributed by atoms with Crippen LogP contribution >= 0.6 is 0 Å². The second kappa shape index (κ2) is 5.32. The van der Waals surface area contributed by atoms with Gasteiger partial charge in [-0.15, -0.1) is 0 Å². The van der Waals surface area contributed by atoms with Crippen molar-refractivity contribution in [3.8, 4) is 0 Å². The molecular weight excluding hydrogens is 341 g/mol. The second-order valence-corrected chi connectivity index (χ2v) is 8.19. The Labute approximate surface area is 145 Å². The molecule has 1 unspecified atom stereocenters. The Bertz CT molecular complexity index is 557. The van der Waals surface area contributed by atoms with E-state index in [1.54, 1.807) is 6.92 Å². The third-order valence-electron chi connectivity index (χ3n) is 6.96. The van der Waals surface area contributed by atoms with Crippen LogP contribution < -0.4 is 0 Å². The van der Waals surface area contributed by atoms with E-state index in [1.165, 1.54) is 6.92 Å². The molecule has 4 saturated heterocycles. The van der Waals surface area contributed by atoms with Gasteiger partial charge in [0.2, 0.25) is 5.79 Å². The van der Waals surface area contributed by atoms with E-state index in [4.69, 9.17) is 24.0 Å². The lowest BCUT2D eigenvalue weighted by Gasteiger charge is -2.62. The van der Waals surface area contributed by atoms with Crippen LogP contribution in [0.4, 0.5) is 13.2 Å². The summed E-state index contributed by atoms with van der Waals surface area (Å²) in [4.78, 5) is 11.4. The molecule has 4 heterocycles. The van der Waals surface area contributed by atoms with Gasteiger partial charge in [-0.25, -0.2) is 9.78 Å². The van der Waals surface area contributed by atoms with Gasteiger partial charge >= 0.3 is 6.18 Å². The van der Waals surface area contributed by atoms with Crippen LogP contribution in [-0.4, -0.2) is 36.8 Å². The normalized spacial score (nSPS) is 55.6. The molecule has 5 rings (SSSR count). The molecule has 1 aliphatic carbocycles. The van der Waals surface area contributed by atoms with Gasteiger partial charge in [0.1, 0.15) is 0 Å². The maximum absolute atomic E-state index is 14.0. The molecule has 2 bridgehead atoms. The highest BCUT2D eigenvalue weighted by atomic mass is 19.4. The van der Waals surface area contributed by atoms with Crippen LogP contribution in [0.5, 0.6) is 0 Å². The first-order valence-corrected chi connectivity index (χ1v) is 8.94. The molecule has 1 spiro atoms. The zero-order valence-corrected chi connectivity index (χ0v) is 14.9. The lowest BCUT2D eigenvalue weighted by atomic mass is 9.57. The van der Waals surface area contributed by atoms with Crippen LogP contribution in [0, 0.1) is 23.7 Å². The predicted octanol–water partition coefficient (Wildman–Crippen LogP) is 3.77. The van der Waals surface area contributed by atoms with Gasteiger partial charge < -0.3 is 14.2 Å². The van der Waals surface area contributed by atoms with E-state index in [0.717, 1.165) is 20.0 Å². The third-order valence-corrected chi connectivity index (χ3v) is 6.96. The van der Waals surface area contributed by atoms with Crippen LogP contribution in [-0.2, 0) is 24.0 Å². The number of methoxy groups -OCH3 is 1. The van der Waals surface area contributed by atoms with Gasteiger partial charge in [-0.2, -0.15) is 13.2 Å². The Balaban J connectivity index is 1.85. The molecule has 8 heteroatoms. The van der Waals surface area contributed by atoms with Gasteiger partial charge in [0.25, 0.3) is 5.79 Å². The van der Waals surface area contributed by atoms with Gasteiger partial charge in [0.05, 0.1) is 0 Å². The standard InChI is InChI=1S/C17H25F3O5/c1-9-5-6-12-10(2)16(21-4,17(18,19)20)23-13-15(12)11(9)7-8-14(3,22-13)24-25-15/h9-13H,5-8H2,1-4H3/t9-,10-,11+,12+,13+,14?,15-,16-/m1/s1. The van der Waals surface area contributed by atoms with Crippen molar-refractivity contribution >= 4 is 0 Å². The fraction of sp³-hybridized carbons (Fsp3) is 1.00. The molecule has 0 aromatic rings. The number of hydrogen-bond acceptors (Lipinski definition) is 5. The molecular formula is C17H25F3O5. The van der Waals surface area contributed by atoms with Crippen molar-refractivity contribution in [2.45, 2.75) is 76.1 Å². The van der Waals surface area contributed by atoms with Crippen LogP contribution in [0.3, 0.4) is 0 Å². The summed E-state index contributed by atoms with van der Waals surface area (Å²) in [6.07, 6.45) is -3.11. The molecule has 0 N–H and O–H groups in total. The number of rotatable bonds is 1. The lowest BCUT2D eigenvalue weighted by molar-refractivity contribution is -0.597. The molecule has 0 amide bonds. The lowest BCUT2D eigenvalue weighted by Crippen LogP contribution is -2.75. The summed E-state index contributed by atoms with van der Waals surface area (Å²) in [5.74, 6) is -4.88. The van der Waals surface area contributed by atoms with E-state index in [0.29, 0.717) is 18.8 Å². The van der Waals surface area contributed by atoms with Crippen molar-refractivity contribution in [2.24, 2.45) is 23.7 Å². The minimum absolute atomic E-state index is 0.0196. The fourth-order valence-corrected chi connectivity index (χ4v) is 5.59. The van der Waals surface area contributed by atoms with Crippen LogP contribution in [0.25, 0.3) is 0 Å². The van der Waals surface area contributed by atoms with Crippen LogP contribution in [0.15, 0.2) is 0 Å². The Morgan fingerprint density at radius 2 is 1.72 bits per heavy atom. The fourth-order valence-electron chi connectivity index (χ4n) is 5.59. The molecule has 5 nitrogen and oxygen atoms in total. The Hall–Kier alpha value is -0.410. The van der Waals surface area contributed by atoms with E-state index in [-0.39, 0.29) is 5.92 Å². The molecule has 8 atom stereocenters. The topological polar surface area (TPSA) is 46.2 Å². The minimum Gasteiger partial charge on any atom is -0.346 e. The summed E-state index contributed by atoms with van der Waals surface area (Å²) in [7, 11) is 1.04. The largest absolute Gasteiger partial charge is 0.443 e. The molecule has 1 saturated carbocycles.